The SMILES string of the molecule is CC(C)NC(=S)Nc1cc2[nH]c(=O)[nH]c2cc1Br. The molecule has 0 radical (unpaired) electrons. The van der Waals surface area contributed by atoms with Gasteiger partial charge in [-0.2, -0.15) is 0 Å². The molecular weight excluding hydrogens is 316 g/mol. The molecule has 2 rings (SSSR count). The van der Waals surface area contributed by atoms with E-state index in [2.05, 4.69) is 36.5 Å². The molecule has 0 bridgehead atoms. The largest absolute Gasteiger partial charge is 0.360 e. The van der Waals surface area contributed by atoms with E-state index in [1.807, 2.05) is 26.0 Å². The Morgan fingerprint density at radius 1 is 1.33 bits per heavy atom. The molecule has 1 heterocycles. The van der Waals surface area contributed by atoms with Gasteiger partial charge in [0, 0.05) is 10.5 Å². The molecule has 5 nitrogen and oxygen atoms in total. The monoisotopic (exact) mass is 328 g/mol. The number of hydrogen-bond acceptors (Lipinski definition) is 2. The molecule has 0 aliphatic carbocycles. The first kappa shape index (κ1) is 13.1. The standard InChI is InChI=1S/C11H13BrN4OS/c1-5(2)13-11(18)16-7-4-9-8(3-6(7)12)14-10(17)15-9/h3-5H,1-2H3,(H2,13,16,18)(H2,14,15,17). The normalized spacial score (nSPS) is 10.9. The predicted octanol–water partition coefficient (Wildman–Crippen LogP) is 2.31. The maximum atomic E-state index is 11.2. The molecule has 0 unspecified atom stereocenters. The van der Waals surface area contributed by atoms with Crippen LogP contribution in [0.25, 0.3) is 11.0 Å². The Balaban J connectivity index is 2.30. The van der Waals surface area contributed by atoms with Crippen molar-refractivity contribution in [1.82, 2.24) is 15.3 Å². The molecule has 0 amide bonds. The molecule has 7 heteroatoms. The Bertz CT molecular complexity index is 646. The Kier molecular flexibility index (Phi) is 3.72. The minimum Gasteiger partial charge on any atom is -0.360 e. The van der Waals surface area contributed by atoms with Crippen LogP contribution in [0, 0.1) is 0 Å². The Morgan fingerprint density at radius 3 is 2.56 bits per heavy atom. The van der Waals surface area contributed by atoms with E-state index in [4.69, 9.17) is 12.2 Å². The summed E-state index contributed by atoms with van der Waals surface area (Å²) < 4.78 is 0.832. The highest BCUT2D eigenvalue weighted by Crippen LogP contribution is 2.26. The zero-order chi connectivity index (χ0) is 13.3. The van der Waals surface area contributed by atoms with Gasteiger partial charge in [-0.25, -0.2) is 4.79 Å². The van der Waals surface area contributed by atoms with Gasteiger partial charge in [-0.05, 0) is 54.1 Å². The molecule has 18 heavy (non-hydrogen) atoms. The van der Waals surface area contributed by atoms with Crippen LogP contribution < -0.4 is 16.3 Å². The fourth-order valence-corrected chi connectivity index (χ4v) is 2.36. The van der Waals surface area contributed by atoms with Gasteiger partial charge < -0.3 is 20.6 Å². The van der Waals surface area contributed by atoms with E-state index in [0.29, 0.717) is 5.11 Å². The van der Waals surface area contributed by atoms with Crippen LogP contribution in [0.4, 0.5) is 5.69 Å². The Hall–Kier alpha value is -1.34. The number of hydrogen-bond donors (Lipinski definition) is 4. The number of rotatable bonds is 2. The van der Waals surface area contributed by atoms with Gasteiger partial charge in [0.1, 0.15) is 0 Å². The van der Waals surface area contributed by atoms with Crippen molar-refractivity contribution in [2.75, 3.05) is 5.32 Å². The second-order valence-corrected chi connectivity index (χ2v) is 5.47. The lowest BCUT2D eigenvalue weighted by molar-refractivity contribution is 0.739. The third-order valence-corrected chi connectivity index (χ3v) is 3.15. The van der Waals surface area contributed by atoms with Gasteiger partial charge in [-0.3, -0.25) is 0 Å². The Morgan fingerprint density at radius 2 is 1.94 bits per heavy atom. The quantitative estimate of drug-likeness (QED) is 0.638. The number of aromatic amines is 2. The number of nitrogens with one attached hydrogen (secondary N) is 4. The summed E-state index contributed by atoms with van der Waals surface area (Å²) >= 11 is 8.61. The van der Waals surface area contributed by atoms with Crippen molar-refractivity contribution in [2.45, 2.75) is 19.9 Å². The van der Waals surface area contributed by atoms with Crippen LogP contribution in [0.15, 0.2) is 21.4 Å². The molecular formula is C11H13BrN4OS. The first-order valence-electron chi connectivity index (χ1n) is 5.45. The average Bonchev–Trinajstić information content (AvgIpc) is 2.56. The molecule has 0 aliphatic heterocycles. The second kappa shape index (κ2) is 5.11. The van der Waals surface area contributed by atoms with Crippen LogP contribution in [0.2, 0.25) is 0 Å². The van der Waals surface area contributed by atoms with Gasteiger partial charge in [-0.15, -0.1) is 0 Å². The zero-order valence-electron chi connectivity index (χ0n) is 9.93. The maximum Gasteiger partial charge on any atom is 0.323 e. The number of anilines is 1. The van der Waals surface area contributed by atoms with Gasteiger partial charge >= 0.3 is 5.69 Å². The van der Waals surface area contributed by atoms with E-state index < -0.39 is 0 Å². The summed E-state index contributed by atoms with van der Waals surface area (Å²) in [6.45, 7) is 4.02. The molecule has 4 N–H and O–H groups in total. The number of H-pyrrole nitrogens is 2. The lowest BCUT2D eigenvalue weighted by Gasteiger charge is -2.14. The summed E-state index contributed by atoms with van der Waals surface area (Å²) in [5, 5.41) is 6.72. The molecule has 0 saturated heterocycles. The number of halogens is 1. The number of fused-ring (bicyclic) bond motifs is 1. The van der Waals surface area contributed by atoms with Crippen molar-refractivity contribution < 1.29 is 0 Å². The third-order valence-electron chi connectivity index (χ3n) is 2.27. The first-order chi connectivity index (χ1) is 8.45. The van der Waals surface area contributed by atoms with E-state index in [9.17, 15) is 4.79 Å². The molecule has 2 aromatic rings. The van der Waals surface area contributed by atoms with E-state index in [1.165, 1.54) is 0 Å². The van der Waals surface area contributed by atoms with Crippen LogP contribution in [-0.2, 0) is 0 Å². The number of benzene rings is 1. The average molecular weight is 329 g/mol. The summed E-state index contributed by atoms with van der Waals surface area (Å²) in [5.74, 6) is 0. The van der Waals surface area contributed by atoms with Crippen LogP contribution in [0.1, 0.15) is 13.8 Å². The van der Waals surface area contributed by atoms with Gasteiger partial charge in [-0.1, -0.05) is 0 Å². The van der Waals surface area contributed by atoms with Gasteiger partial charge in [0.25, 0.3) is 0 Å². The number of thiocarbonyl (C=S) groups is 1. The van der Waals surface area contributed by atoms with Crippen LogP contribution in [0.3, 0.4) is 0 Å². The van der Waals surface area contributed by atoms with Crippen LogP contribution >= 0.6 is 28.1 Å². The lowest BCUT2D eigenvalue weighted by atomic mass is 10.3. The van der Waals surface area contributed by atoms with Crippen molar-refractivity contribution in [3.05, 3.63) is 27.1 Å². The summed E-state index contributed by atoms with van der Waals surface area (Å²) in [4.78, 5) is 16.6. The summed E-state index contributed by atoms with van der Waals surface area (Å²) in [7, 11) is 0. The molecule has 1 aromatic carbocycles. The molecule has 0 fully saturated rings. The third kappa shape index (κ3) is 2.91. The molecule has 0 spiro atoms. The summed E-state index contributed by atoms with van der Waals surface area (Å²) in [6, 6.07) is 3.92. The minimum atomic E-state index is -0.225. The highest BCUT2D eigenvalue weighted by Gasteiger charge is 2.07. The van der Waals surface area contributed by atoms with Crippen LogP contribution in [-0.4, -0.2) is 21.1 Å². The van der Waals surface area contributed by atoms with Crippen molar-refractivity contribution in [2.24, 2.45) is 0 Å². The second-order valence-electron chi connectivity index (χ2n) is 4.21. The summed E-state index contributed by atoms with van der Waals surface area (Å²) in [5.41, 5.74) is 2.06. The van der Waals surface area contributed by atoms with Crippen molar-refractivity contribution >= 4 is 50.0 Å². The fourth-order valence-electron chi connectivity index (χ4n) is 1.57. The van der Waals surface area contributed by atoms with Gasteiger partial charge in [0.15, 0.2) is 5.11 Å². The smallest absolute Gasteiger partial charge is 0.323 e. The van der Waals surface area contributed by atoms with Crippen molar-refractivity contribution in [3.63, 3.8) is 0 Å². The maximum absolute atomic E-state index is 11.2. The topological polar surface area (TPSA) is 72.7 Å². The van der Waals surface area contributed by atoms with Gasteiger partial charge in [0.2, 0.25) is 0 Å². The summed E-state index contributed by atoms with van der Waals surface area (Å²) in [6.07, 6.45) is 0. The van der Waals surface area contributed by atoms with Crippen LogP contribution in [0.5, 0.6) is 0 Å². The molecule has 1 aromatic heterocycles. The molecule has 0 aliphatic rings. The zero-order valence-corrected chi connectivity index (χ0v) is 12.3. The van der Waals surface area contributed by atoms with Crippen molar-refractivity contribution in [1.29, 1.82) is 0 Å². The first-order valence-corrected chi connectivity index (χ1v) is 6.65. The number of imidazole rings is 1. The fraction of sp³-hybridized carbons (Fsp3) is 0.273. The minimum absolute atomic E-state index is 0.225. The van der Waals surface area contributed by atoms with E-state index in [-0.39, 0.29) is 11.7 Å². The Labute approximate surface area is 117 Å². The predicted molar refractivity (Wildman–Crippen MR) is 81.1 cm³/mol. The van der Waals surface area contributed by atoms with E-state index in [0.717, 1.165) is 21.2 Å². The van der Waals surface area contributed by atoms with Gasteiger partial charge in [0.05, 0.1) is 16.7 Å². The van der Waals surface area contributed by atoms with Crippen molar-refractivity contribution in [3.8, 4) is 0 Å². The molecule has 0 saturated carbocycles. The molecule has 96 valence electrons. The van der Waals surface area contributed by atoms with E-state index in [1.54, 1.807) is 0 Å². The highest BCUT2D eigenvalue weighted by atomic mass is 79.9. The van der Waals surface area contributed by atoms with E-state index >= 15 is 0 Å². The lowest BCUT2D eigenvalue weighted by Crippen LogP contribution is -2.33. The molecule has 0 atom stereocenters. The highest BCUT2D eigenvalue weighted by molar-refractivity contribution is 9.10. The number of aromatic nitrogens is 2.